The van der Waals surface area contributed by atoms with E-state index in [0.29, 0.717) is 17.3 Å². The van der Waals surface area contributed by atoms with Gasteiger partial charge in [-0.1, -0.05) is 23.7 Å². The molecule has 1 amide bonds. The van der Waals surface area contributed by atoms with Crippen molar-refractivity contribution in [2.45, 2.75) is 13.5 Å². The summed E-state index contributed by atoms with van der Waals surface area (Å²) >= 11 is 6.12. The molecule has 6 nitrogen and oxygen atoms in total. The van der Waals surface area contributed by atoms with Crippen molar-refractivity contribution in [1.29, 1.82) is 0 Å². The molecule has 0 fully saturated rings. The molecule has 0 aliphatic rings. The third-order valence-corrected chi connectivity index (χ3v) is 3.69. The smallest absolute Gasteiger partial charge is 0.275 e. The number of hydrogen-bond acceptors (Lipinski definition) is 3. The highest BCUT2D eigenvalue weighted by molar-refractivity contribution is 6.33. The first-order valence-electron chi connectivity index (χ1n) is 7.22. The van der Waals surface area contributed by atoms with E-state index in [-0.39, 0.29) is 17.5 Å². The minimum absolute atomic E-state index is 0.247. The molecule has 0 spiro atoms. The van der Waals surface area contributed by atoms with Crippen LogP contribution in [0.1, 0.15) is 21.7 Å². The minimum Gasteiger partial charge on any atom is -0.302 e. The van der Waals surface area contributed by atoms with Crippen LogP contribution >= 0.6 is 11.6 Å². The van der Waals surface area contributed by atoms with Crippen LogP contribution in [0.2, 0.25) is 5.02 Å². The molecule has 0 saturated heterocycles. The largest absolute Gasteiger partial charge is 0.302 e. The zero-order valence-electron chi connectivity index (χ0n) is 13.1. The van der Waals surface area contributed by atoms with Gasteiger partial charge < -0.3 is 5.32 Å². The lowest BCUT2D eigenvalue weighted by Gasteiger charge is -2.03. The van der Waals surface area contributed by atoms with Gasteiger partial charge in [0, 0.05) is 13.2 Å². The fourth-order valence-electron chi connectivity index (χ4n) is 2.38. The van der Waals surface area contributed by atoms with Crippen molar-refractivity contribution in [2.75, 3.05) is 5.32 Å². The first-order valence-corrected chi connectivity index (χ1v) is 7.59. The second kappa shape index (κ2) is 6.45. The zero-order chi connectivity index (χ0) is 17.3. The summed E-state index contributed by atoms with van der Waals surface area (Å²) in [7, 11) is 1.69. The maximum atomic E-state index is 13.2. The standard InChI is InChI=1S/C16H15ClFN5O/c1-10-6-14(22(2)20-10)16(24)19-15-13(17)9-23(21-15)8-11-4-3-5-12(18)7-11/h3-7,9H,8H2,1-2H3,(H,19,21,24). The van der Waals surface area contributed by atoms with Crippen LogP contribution in [0.4, 0.5) is 10.2 Å². The average Bonchev–Trinajstić information content (AvgIpc) is 3.01. The Hall–Kier alpha value is -2.67. The van der Waals surface area contributed by atoms with Gasteiger partial charge in [0.2, 0.25) is 0 Å². The monoisotopic (exact) mass is 347 g/mol. The molecule has 0 bridgehead atoms. The molecule has 24 heavy (non-hydrogen) atoms. The third kappa shape index (κ3) is 3.46. The summed E-state index contributed by atoms with van der Waals surface area (Å²) in [4.78, 5) is 12.3. The Balaban J connectivity index is 1.76. The van der Waals surface area contributed by atoms with E-state index in [9.17, 15) is 9.18 Å². The van der Waals surface area contributed by atoms with E-state index < -0.39 is 0 Å². The fraction of sp³-hybridized carbons (Fsp3) is 0.188. The molecule has 3 rings (SSSR count). The molecule has 0 atom stereocenters. The molecule has 0 unspecified atom stereocenters. The van der Waals surface area contributed by atoms with Crippen molar-refractivity contribution < 1.29 is 9.18 Å². The molecule has 3 aromatic rings. The average molecular weight is 348 g/mol. The summed E-state index contributed by atoms with van der Waals surface area (Å²) < 4.78 is 16.3. The Morgan fingerprint density at radius 3 is 2.79 bits per heavy atom. The summed E-state index contributed by atoms with van der Waals surface area (Å²) in [6, 6.07) is 7.89. The van der Waals surface area contributed by atoms with E-state index in [4.69, 9.17) is 11.6 Å². The van der Waals surface area contributed by atoms with Crippen molar-refractivity contribution in [3.05, 3.63) is 64.3 Å². The van der Waals surface area contributed by atoms with Gasteiger partial charge in [0.1, 0.15) is 16.5 Å². The highest BCUT2D eigenvalue weighted by Gasteiger charge is 2.16. The predicted molar refractivity (Wildman–Crippen MR) is 88.6 cm³/mol. The number of nitrogens with one attached hydrogen (secondary N) is 1. The van der Waals surface area contributed by atoms with Gasteiger partial charge in [0.15, 0.2) is 5.82 Å². The number of anilines is 1. The second-order valence-corrected chi connectivity index (χ2v) is 5.81. The van der Waals surface area contributed by atoms with E-state index in [1.807, 2.05) is 0 Å². The van der Waals surface area contributed by atoms with E-state index in [0.717, 1.165) is 11.3 Å². The molecular weight excluding hydrogens is 333 g/mol. The number of amides is 1. The topological polar surface area (TPSA) is 64.7 Å². The Morgan fingerprint density at radius 2 is 2.12 bits per heavy atom. The zero-order valence-corrected chi connectivity index (χ0v) is 13.9. The van der Waals surface area contributed by atoms with Crippen molar-refractivity contribution in [1.82, 2.24) is 19.6 Å². The Kier molecular flexibility index (Phi) is 4.35. The summed E-state index contributed by atoms with van der Waals surface area (Å²) in [6.07, 6.45) is 1.58. The number of aromatic nitrogens is 4. The Labute approximate surface area is 142 Å². The first kappa shape index (κ1) is 16.2. The number of halogens is 2. The van der Waals surface area contributed by atoms with Crippen LogP contribution in [0, 0.1) is 12.7 Å². The second-order valence-electron chi connectivity index (χ2n) is 5.40. The SMILES string of the molecule is Cc1cc(C(=O)Nc2nn(Cc3cccc(F)c3)cc2Cl)n(C)n1. The number of carbonyl (C=O) groups is 1. The minimum atomic E-state index is -0.351. The summed E-state index contributed by atoms with van der Waals surface area (Å²) in [5.74, 6) is -0.418. The molecule has 1 aromatic carbocycles. The van der Waals surface area contributed by atoms with Crippen molar-refractivity contribution >= 4 is 23.3 Å². The number of benzene rings is 1. The lowest BCUT2D eigenvalue weighted by molar-refractivity contribution is 0.101. The highest BCUT2D eigenvalue weighted by atomic mass is 35.5. The van der Waals surface area contributed by atoms with E-state index in [1.165, 1.54) is 16.8 Å². The van der Waals surface area contributed by atoms with Gasteiger partial charge in [0.25, 0.3) is 5.91 Å². The maximum Gasteiger partial charge on any atom is 0.275 e. The molecule has 2 aromatic heterocycles. The maximum absolute atomic E-state index is 13.2. The number of nitrogens with zero attached hydrogens (tertiary/aromatic N) is 4. The number of carbonyl (C=O) groups excluding carboxylic acids is 1. The lowest BCUT2D eigenvalue weighted by atomic mass is 10.2. The number of aryl methyl sites for hydroxylation is 2. The first-order chi connectivity index (χ1) is 11.4. The summed E-state index contributed by atoms with van der Waals surface area (Å²) in [6.45, 7) is 2.15. The van der Waals surface area contributed by atoms with Crippen LogP contribution in [-0.4, -0.2) is 25.5 Å². The molecule has 2 heterocycles. The number of hydrogen-bond donors (Lipinski definition) is 1. The van der Waals surface area contributed by atoms with Crippen molar-refractivity contribution in [3.8, 4) is 0 Å². The molecule has 0 saturated carbocycles. The van der Waals surface area contributed by atoms with Crippen LogP contribution in [0.3, 0.4) is 0 Å². The third-order valence-electron chi connectivity index (χ3n) is 3.42. The van der Waals surface area contributed by atoms with Gasteiger partial charge in [-0.3, -0.25) is 14.2 Å². The van der Waals surface area contributed by atoms with Crippen molar-refractivity contribution in [2.24, 2.45) is 7.05 Å². The van der Waals surface area contributed by atoms with Crippen LogP contribution in [0.5, 0.6) is 0 Å². The van der Waals surface area contributed by atoms with Crippen LogP contribution in [0.25, 0.3) is 0 Å². The molecule has 0 radical (unpaired) electrons. The predicted octanol–water partition coefficient (Wildman–Crippen LogP) is 3.02. The highest BCUT2D eigenvalue weighted by Crippen LogP contribution is 2.21. The Bertz CT molecular complexity index is 902. The van der Waals surface area contributed by atoms with Crippen molar-refractivity contribution in [3.63, 3.8) is 0 Å². The fourth-order valence-corrected chi connectivity index (χ4v) is 2.58. The van der Waals surface area contributed by atoms with Gasteiger partial charge in [0.05, 0.1) is 12.2 Å². The van der Waals surface area contributed by atoms with Gasteiger partial charge in [-0.15, -0.1) is 0 Å². The van der Waals surface area contributed by atoms with Gasteiger partial charge in [-0.25, -0.2) is 4.39 Å². The van der Waals surface area contributed by atoms with Crippen LogP contribution in [-0.2, 0) is 13.6 Å². The molecule has 1 N–H and O–H groups in total. The Morgan fingerprint density at radius 1 is 1.33 bits per heavy atom. The quantitative estimate of drug-likeness (QED) is 0.789. The normalized spacial score (nSPS) is 10.8. The molecular formula is C16H15ClFN5O. The van der Waals surface area contributed by atoms with Gasteiger partial charge in [-0.05, 0) is 30.7 Å². The van der Waals surface area contributed by atoms with Crippen LogP contribution < -0.4 is 5.32 Å². The lowest BCUT2D eigenvalue weighted by Crippen LogP contribution is -2.16. The number of rotatable bonds is 4. The molecule has 8 heteroatoms. The summed E-state index contributed by atoms with van der Waals surface area (Å²) in [5, 5.41) is 11.3. The van der Waals surface area contributed by atoms with E-state index in [2.05, 4.69) is 15.5 Å². The molecule has 0 aliphatic carbocycles. The molecule has 124 valence electrons. The molecule has 0 aliphatic heterocycles. The van der Waals surface area contributed by atoms with Crippen LogP contribution in [0.15, 0.2) is 36.5 Å². The van der Waals surface area contributed by atoms with E-state index in [1.54, 1.807) is 43.0 Å². The van der Waals surface area contributed by atoms with Gasteiger partial charge in [-0.2, -0.15) is 10.2 Å². The van der Waals surface area contributed by atoms with E-state index >= 15 is 0 Å². The van der Waals surface area contributed by atoms with Gasteiger partial charge >= 0.3 is 0 Å². The summed E-state index contributed by atoms with van der Waals surface area (Å²) in [5.41, 5.74) is 1.89.